The van der Waals surface area contributed by atoms with Gasteiger partial charge in [0.1, 0.15) is 0 Å². The molecule has 0 aromatic heterocycles. The second kappa shape index (κ2) is 2.98. The van der Waals surface area contributed by atoms with Crippen LogP contribution < -0.4 is 0 Å². The van der Waals surface area contributed by atoms with Gasteiger partial charge in [0.2, 0.25) is 0 Å². The minimum absolute atomic E-state index is 0.959. The van der Waals surface area contributed by atoms with Crippen molar-refractivity contribution in [1.82, 2.24) is 0 Å². The summed E-state index contributed by atoms with van der Waals surface area (Å²) in [5.74, 6) is 0.959. The fourth-order valence-electron chi connectivity index (χ4n) is 2.34. The Hall–Kier alpha value is -0.303. The Kier molecular flexibility index (Phi) is 1.99. The fraction of sp³-hybridized carbons (Fsp3) is 0.600. The van der Waals surface area contributed by atoms with Crippen molar-refractivity contribution in [3.8, 4) is 0 Å². The summed E-state index contributed by atoms with van der Waals surface area (Å²) in [4.78, 5) is 0. The minimum Gasteiger partial charge on any atom is -0.0847 e. The van der Waals surface area contributed by atoms with Gasteiger partial charge in [0.05, 0.1) is 0 Å². The van der Waals surface area contributed by atoms with E-state index in [1.54, 1.807) is 10.8 Å². The molecule has 0 saturated heterocycles. The smallest absolute Gasteiger partial charge is 0.0340 e. The van der Waals surface area contributed by atoms with Crippen molar-refractivity contribution in [1.29, 1.82) is 0 Å². The van der Waals surface area contributed by atoms with Crippen molar-refractivity contribution in [2.45, 2.75) is 32.1 Å². The molecule has 0 aliphatic heterocycles. The van der Waals surface area contributed by atoms with Gasteiger partial charge in [0, 0.05) is 10.2 Å². The summed E-state index contributed by atoms with van der Waals surface area (Å²) in [7, 11) is 1.29. The lowest BCUT2D eigenvalue weighted by Gasteiger charge is -2.10. The molecule has 0 radical (unpaired) electrons. The van der Waals surface area contributed by atoms with E-state index in [9.17, 15) is 0 Å². The van der Waals surface area contributed by atoms with Gasteiger partial charge in [-0.2, -0.15) is 0 Å². The SMILES string of the molecule is [SiH3]C1=C(C2CCCC2)C=CC1. The Labute approximate surface area is 71.8 Å². The highest BCUT2D eigenvalue weighted by atomic mass is 28.1. The quantitative estimate of drug-likeness (QED) is 0.518. The standard InChI is InChI=1S/C10H16Si/c11-10-7-3-6-9(10)8-4-1-2-5-8/h3,6,8H,1-2,4-5,7H2,11H3. The van der Waals surface area contributed by atoms with Gasteiger partial charge in [-0.25, -0.2) is 0 Å². The highest BCUT2D eigenvalue weighted by Crippen LogP contribution is 2.35. The van der Waals surface area contributed by atoms with Crippen LogP contribution >= 0.6 is 0 Å². The molecule has 1 saturated carbocycles. The first-order chi connectivity index (χ1) is 5.38. The monoisotopic (exact) mass is 164 g/mol. The van der Waals surface area contributed by atoms with Crippen LogP contribution in [0.4, 0.5) is 0 Å². The zero-order valence-corrected chi connectivity index (χ0v) is 9.27. The van der Waals surface area contributed by atoms with Crippen molar-refractivity contribution in [2.75, 3.05) is 0 Å². The third-order valence-electron chi connectivity index (χ3n) is 3.01. The van der Waals surface area contributed by atoms with Gasteiger partial charge in [-0.3, -0.25) is 0 Å². The maximum absolute atomic E-state index is 2.39. The molecule has 0 aromatic carbocycles. The largest absolute Gasteiger partial charge is 0.0847 e. The van der Waals surface area contributed by atoms with Crippen molar-refractivity contribution in [3.63, 3.8) is 0 Å². The Morgan fingerprint density at radius 2 is 2.00 bits per heavy atom. The predicted molar refractivity (Wildman–Crippen MR) is 52.7 cm³/mol. The normalized spacial score (nSPS) is 25.8. The molecular weight excluding hydrogens is 148 g/mol. The lowest BCUT2D eigenvalue weighted by molar-refractivity contribution is 0.657. The number of hydrogen-bond donors (Lipinski definition) is 0. The third kappa shape index (κ3) is 1.34. The van der Waals surface area contributed by atoms with Crippen LogP contribution in [-0.4, -0.2) is 10.2 Å². The molecule has 0 bridgehead atoms. The maximum atomic E-state index is 2.39. The average molecular weight is 164 g/mol. The van der Waals surface area contributed by atoms with Crippen LogP contribution in [0.2, 0.25) is 0 Å². The summed E-state index contributed by atoms with van der Waals surface area (Å²) < 4.78 is 0. The topological polar surface area (TPSA) is 0 Å². The van der Waals surface area contributed by atoms with Crippen molar-refractivity contribution >= 4 is 10.2 Å². The van der Waals surface area contributed by atoms with E-state index in [4.69, 9.17) is 0 Å². The molecule has 0 amide bonds. The molecule has 1 heteroatoms. The van der Waals surface area contributed by atoms with E-state index in [2.05, 4.69) is 12.2 Å². The molecule has 2 rings (SSSR count). The van der Waals surface area contributed by atoms with Crippen LogP contribution in [0.15, 0.2) is 22.9 Å². The van der Waals surface area contributed by atoms with Gasteiger partial charge in [0.15, 0.2) is 0 Å². The summed E-state index contributed by atoms with van der Waals surface area (Å²) in [6.45, 7) is 0. The molecule has 0 unspecified atom stereocenters. The minimum atomic E-state index is 0.959. The lowest BCUT2D eigenvalue weighted by Crippen LogP contribution is -1.97. The molecule has 0 aromatic rings. The maximum Gasteiger partial charge on any atom is 0.0340 e. The van der Waals surface area contributed by atoms with Crippen molar-refractivity contribution in [2.24, 2.45) is 5.92 Å². The molecule has 0 heterocycles. The zero-order chi connectivity index (χ0) is 7.68. The van der Waals surface area contributed by atoms with Gasteiger partial charge in [-0.1, -0.05) is 35.8 Å². The van der Waals surface area contributed by atoms with Crippen molar-refractivity contribution < 1.29 is 0 Å². The van der Waals surface area contributed by atoms with Crippen LogP contribution in [0.25, 0.3) is 0 Å². The van der Waals surface area contributed by atoms with Crippen LogP contribution in [0.3, 0.4) is 0 Å². The molecule has 60 valence electrons. The van der Waals surface area contributed by atoms with Crippen LogP contribution in [0, 0.1) is 5.92 Å². The molecule has 0 spiro atoms. The van der Waals surface area contributed by atoms with Crippen molar-refractivity contribution in [3.05, 3.63) is 22.9 Å². The Bertz CT molecular complexity index is 207. The average Bonchev–Trinajstić information content (AvgIpc) is 2.55. The number of hydrogen-bond acceptors (Lipinski definition) is 0. The second-order valence-electron chi connectivity index (χ2n) is 3.82. The van der Waals surface area contributed by atoms with Crippen LogP contribution in [0.5, 0.6) is 0 Å². The van der Waals surface area contributed by atoms with Gasteiger partial charge in [-0.05, 0) is 25.2 Å². The molecule has 0 atom stereocenters. The highest BCUT2D eigenvalue weighted by molar-refractivity contribution is 6.22. The summed E-state index contributed by atoms with van der Waals surface area (Å²) in [6, 6.07) is 0. The van der Waals surface area contributed by atoms with Crippen LogP contribution in [0.1, 0.15) is 32.1 Å². The Balaban J connectivity index is 2.13. The summed E-state index contributed by atoms with van der Waals surface area (Å²) in [5.41, 5.74) is 1.73. The van der Waals surface area contributed by atoms with E-state index >= 15 is 0 Å². The first-order valence-electron chi connectivity index (χ1n) is 4.74. The molecule has 1 fully saturated rings. The zero-order valence-electron chi connectivity index (χ0n) is 7.27. The van der Waals surface area contributed by atoms with E-state index in [0.29, 0.717) is 0 Å². The van der Waals surface area contributed by atoms with E-state index < -0.39 is 0 Å². The van der Waals surface area contributed by atoms with E-state index in [1.807, 2.05) is 0 Å². The summed E-state index contributed by atoms with van der Waals surface area (Å²) >= 11 is 0. The Morgan fingerprint density at radius 1 is 1.27 bits per heavy atom. The molecule has 0 N–H and O–H groups in total. The second-order valence-corrected chi connectivity index (χ2v) is 5.03. The van der Waals surface area contributed by atoms with Crippen LogP contribution in [-0.2, 0) is 0 Å². The first kappa shape index (κ1) is 7.35. The predicted octanol–water partition coefficient (Wildman–Crippen LogP) is 1.76. The van der Waals surface area contributed by atoms with E-state index in [0.717, 1.165) is 5.92 Å². The summed E-state index contributed by atoms with van der Waals surface area (Å²) in [5, 5.41) is 1.76. The molecular formula is C10H16Si. The Morgan fingerprint density at radius 3 is 2.55 bits per heavy atom. The van der Waals surface area contributed by atoms with Gasteiger partial charge in [0.25, 0.3) is 0 Å². The third-order valence-corrected chi connectivity index (χ3v) is 3.99. The lowest BCUT2D eigenvalue weighted by atomic mass is 9.99. The fourth-order valence-corrected chi connectivity index (χ4v) is 3.15. The molecule has 2 aliphatic carbocycles. The van der Waals surface area contributed by atoms with E-state index in [-0.39, 0.29) is 0 Å². The van der Waals surface area contributed by atoms with Gasteiger partial charge >= 0.3 is 0 Å². The first-order valence-corrected chi connectivity index (χ1v) is 5.74. The molecule has 11 heavy (non-hydrogen) atoms. The molecule has 0 nitrogen and oxygen atoms in total. The summed E-state index contributed by atoms with van der Waals surface area (Å²) in [6.07, 6.45) is 11.9. The van der Waals surface area contributed by atoms with Gasteiger partial charge in [-0.15, -0.1) is 0 Å². The number of allylic oxidation sites excluding steroid dienone is 4. The highest BCUT2D eigenvalue weighted by Gasteiger charge is 2.20. The van der Waals surface area contributed by atoms with Gasteiger partial charge < -0.3 is 0 Å². The molecule has 2 aliphatic rings. The number of rotatable bonds is 1. The van der Waals surface area contributed by atoms with E-state index in [1.165, 1.54) is 42.3 Å².